The fourth-order valence-corrected chi connectivity index (χ4v) is 1.58. The van der Waals surface area contributed by atoms with Crippen molar-refractivity contribution in [1.82, 2.24) is 9.97 Å². The number of methoxy groups -OCH3 is 3. The first-order valence-electron chi connectivity index (χ1n) is 6.33. The van der Waals surface area contributed by atoms with Crippen molar-refractivity contribution in [3.05, 3.63) is 18.1 Å². The van der Waals surface area contributed by atoms with Gasteiger partial charge < -0.3 is 19.1 Å². The van der Waals surface area contributed by atoms with Gasteiger partial charge in [0.05, 0.1) is 39.6 Å². The van der Waals surface area contributed by atoms with Gasteiger partial charge in [0.25, 0.3) is 0 Å². The average molecular weight is 297 g/mol. The van der Waals surface area contributed by atoms with E-state index in [1.165, 1.54) is 26.6 Å². The van der Waals surface area contributed by atoms with Crippen LogP contribution in [0.4, 0.5) is 5.82 Å². The van der Waals surface area contributed by atoms with Crippen molar-refractivity contribution in [2.75, 3.05) is 45.9 Å². The van der Waals surface area contributed by atoms with E-state index in [4.69, 9.17) is 4.74 Å². The van der Waals surface area contributed by atoms with Gasteiger partial charge in [-0.2, -0.15) is 0 Å². The molecule has 0 aliphatic rings. The second-order valence-electron chi connectivity index (χ2n) is 4.06. The predicted molar refractivity (Wildman–Crippen MR) is 74.1 cm³/mol. The zero-order valence-corrected chi connectivity index (χ0v) is 12.4. The topological polar surface area (TPSA) is 90.8 Å². The fraction of sp³-hybridized carbons (Fsp3) is 0.538. The van der Waals surface area contributed by atoms with E-state index in [1.807, 2.05) is 0 Å². The van der Waals surface area contributed by atoms with E-state index in [0.29, 0.717) is 25.5 Å². The van der Waals surface area contributed by atoms with E-state index in [9.17, 15) is 9.59 Å². The van der Waals surface area contributed by atoms with Gasteiger partial charge in [-0.3, -0.25) is 9.78 Å². The Labute approximate surface area is 123 Å². The van der Waals surface area contributed by atoms with Gasteiger partial charge >= 0.3 is 11.9 Å². The highest BCUT2D eigenvalue weighted by atomic mass is 16.5. The summed E-state index contributed by atoms with van der Waals surface area (Å²) in [7, 11) is 4.19. The number of hydrogen-bond acceptors (Lipinski definition) is 8. The minimum absolute atomic E-state index is 0.107. The molecule has 0 bridgehead atoms. The zero-order valence-electron chi connectivity index (χ0n) is 12.4. The molecule has 1 heterocycles. The molecule has 1 aromatic heterocycles. The molecule has 0 aromatic carbocycles. The number of anilines is 1. The molecule has 0 spiro atoms. The first-order valence-corrected chi connectivity index (χ1v) is 6.33. The quantitative estimate of drug-likeness (QED) is 0.632. The summed E-state index contributed by atoms with van der Waals surface area (Å²) in [6.45, 7) is 1.34. The Morgan fingerprint density at radius 3 is 2.52 bits per heavy atom. The van der Waals surface area contributed by atoms with E-state index in [1.54, 1.807) is 12.0 Å². The lowest BCUT2D eigenvalue weighted by molar-refractivity contribution is -0.140. The first-order chi connectivity index (χ1) is 10.1. The highest BCUT2D eigenvalue weighted by molar-refractivity contribution is 5.87. The minimum Gasteiger partial charge on any atom is -0.469 e. The summed E-state index contributed by atoms with van der Waals surface area (Å²) in [6.07, 6.45) is 3.04. The maximum Gasteiger partial charge on any atom is 0.358 e. The van der Waals surface area contributed by atoms with Crippen molar-refractivity contribution >= 4 is 17.8 Å². The summed E-state index contributed by atoms with van der Waals surface area (Å²) in [5.41, 5.74) is 0.107. The highest BCUT2D eigenvalue weighted by Gasteiger charge is 2.14. The highest BCUT2D eigenvalue weighted by Crippen LogP contribution is 2.11. The first kappa shape index (κ1) is 16.8. The Bertz CT molecular complexity index is 481. The molecule has 0 saturated carbocycles. The maximum absolute atomic E-state index is 11.5. The number of rotatable bonds is 8. The lowest BCUT2D eigenvalue weighted by Crippen LogP contribution is -2.31. The largest absolute Gasteiger partial charge is 0.469 e. The molecule has 8 nitrogen and oxygen atoms in total. The van der Waals surface area contributed by atoms with E-state index in [-0.39, 0.29) is 18.1 Å². The van der Waals surface area contributed by atoms with E-state index >= 15 is 0 Å². The van der Waals surface area contributed by atoms with Crippen molar-refractivity contribution < 1.29 is 23.8 Å². The second kappa shape index (κ2) is 8.85. The molecule has 0 N–H and O–H groups in total. The maximum atomic E-state index is 11.5. The third-order valence-electron chi connectivity index (χ3n) is 2.72. The Morgan fingerprint density at radius 2 is 1.90 bits per heavy atom. The summed E-state index contributed by atoms with van der Waals surface area (Å²) < 4.78 is 14.3. The van der Waals surface area contributed by atoms with Gasteiger partial charge in [-0.15, -0.1) is 0 Å². The molecule has 0 radical (unpaired) electrons. The van der Waals surface area contributed by atoms with E-state index < -0.39 is 5.97 Å². The summed E-state index contributed by atoms with van der Waals surface area (Å²) in [6, 6.07) is 0. The Hall–Kier alpha value is -2.22. The molecule has 0 amide bonds. The molecule has 0 aliphatic heterocycles. The fourth-order valence-electron chi connectivity index (χ4n) is 1.58. The van der Waals surface area contributed by atoms with Crippen LogP contribution in [0.25, 0.3) is 0 Å². The van der Waals surface area contributed by atoms with Crippen molar-refractivity contribution in [2.24, 2.45) is 0 Å². The van der Waals surface area contributed by atoms with E-state index in [2.05, 4.69) is 19.4 Å². The van der Waals surface area contributed by atoms with Crippen LogP contribution in [0.1, 0.15) is 16.9 Å². The normalized spacial score (nSPS) is 10.0. The van der Waals surface area contributed by atoms with Crippen LogP contribution in [0.5, 0.6) is 0 Å². The molecule has 0 fully saturated rings. The molecule has 0 aliphatic carbocycles. The van der Waals surface area contributed by atoms with Gasteiger partial charge in [0.1, 0.15) is 5.82 Å². The number of carbonyl (C=O) groups is 2. The molecule has 8 heteroatoms. The van der Waals surface area contributed by atoms with Crippen LogP contribution in [-0.4, -0.2) is 62.9 Å². The lowest BCUT2D eigenvalue weighted by atomic mass is 10.3. The SMILES string of the molecule is COCCN(CCC(=O)OC)c1cncc(C(=O)OC)n1. The van der Waals surface area contributed by atoms with Gasteiger partial charge in [0, 0.05) is 20.2 Å². The minimum atomic E-state index is -0.566. The summed E-state index contributed by atoms with van der Waals surface area (Å²) in [5, 5.41) is 0. The Kier molecular flexibility index (Phi) is 7.10. The molecule has 21 heavy (non-hydrogen) atoms. The van der Waals surface area contributed by atoms with Crippen LogP contribution in [-0.2, 0) is 19.0 Å². The van der Waals surface area contributed by atoms with Crippen LogP contribution < -0.4 is 4.90 Å². The smallest absolute Gasteiger partial charge is 0.358 e. The van der Waals surface area contributed by atoms with Gasteiger partial charge in [0.15, 0.2) is 5.69 Å². The second-order valence-corrected chi connectivity index (χ2v) is 4.06. The van der Waals surface area contributed by atoms with Crippen LogP contribution in [0, 0.1) is 0 Å². The number of ether oxygens (including phenoxy) is 3. The molecule has 1 aromatic rings. The summed E-state index contributed by atoms with van der Waals surface area (Å²) in [5.74, 6) is -0.419. The predicted octanol–water partition coefficient (Wildman–Crippen LogP) is 0.279. The Morgan fingerprint density at radius 1 is 1.14 bits per heavy atom. The van der Waals surface area contributed by atoms with Crippen LogP contribution in [0.3, 0.4) is 0 Å². The molecule has 0 unspecified atom stereocenters. The van der Waals surface area contributed by atoms with Crippen LogP contribution in [0.15, 0.2) is 12.4 Å². The number of nitrogens with zero attached hydrogens (tertiary/aromatic N) is 3. The van der Waals surface area contributed by atoms with Crippen LogP contribution in [0.2, 0.25) is 0 Å². The molecule has 116 valence electrons. The van der Waals surface area contributed by atoms with Gasteiger partial charge in [0.2, 0.25) is 0 Å². The van der Waals surface area contributed by atoms with E-state index in [0.717, 1.165) is 0 Å². The number of aromatic nitrogens is 2. The zero-order chi connectivity index (χ0) is 15.7. The third kappa shape index (κ3) is 5.35. The van der Waals surface area contributed by atoms with Crippen molar-refractivity contribution in [3.8, 4) is 0 Å². The number of carbonyl (C=O) groups excluding carboxylic acids is 2. The third-order valence-corrected chi connectivity index (χ3v) is 2.72. The Balaban J connectivity index is 2.85. The molecular formula is C13H19N3O5. The van der Waals surface area contributed by atoms with Crippen molar-refractivity contribution in [3.63, 3.8) is 0 Å². The van der Waals surface area contributed by atoms with Crippen LogP contribution >= 0.6 is 0 Å². The molecular weight excluding hydrogens is 278 g/mol. The summed E-state index contributed by atoms with van der Waals surface area (Å²) >= 11 is 0. The monoisotopic (exact) mass is 297 g/mol. The molecule has 0 atom stereocenters. The van der Waals surface area contributed by atoms with Crippen molar-refractivity contribution in [2.45, 2.75) is 6.42 Å². The lowest BCUT2D eigenvalue weighted by Gasteiger charge is -2.22. The average Bonchev–Trinajstić information content (AvgIpc) is 2.53. The number of hydrogen-bond donors (Lipinski definition) is 0. The number of esters is 2. The summed E-state index contributed by atoms with van der Waals surface area (Å²) in [4.78, 5) is 32.7. The van der Waals surface area contributed by atoms with Gasteiger partial charge in [-0.05, 0) is 0 Å². The van der Waals surface area contributed by atoms with Gasteiger partial charge in [-0.25, -0.2) is 9.78 Å². The van der Waals surface area contributed by atoms with Crippen molar-refractivity contribution in [1.29, 1.82) is 0 Å². The standard InChI is InChI=1S/C13H19N3O5/c1-19-7-6-16(5-4-12(17)20-2)11-9-14-8-10(15-11)13(18)21-3/h8-9H,4-7H2,1-3H3. The molecule has 0 saturated heterocycles. The molecule has 1 rings (SSSR count). The van der Waals surface area contributed by atoms with Gasteiger partial charge in [-0.1, -0.05) is 0 Å².